The van der Waals surface area contributed by atoms with E-state index in [9.17, 15) is 4.79 Å². The van der Waals surface area contributed by atoms with Gasteiger partial charge in [0, 0.05) is 5.69 Å². The van der Waals surface area contributed by atoms with E-state index in [-0.39, 0.29) is 5.76 Å². The van der Waals surface area contributed by atoms with E-state index in [0.29, 0.717) is 5.09 Å². The van der Waals surface area contributed by atoms with Gasteiger partial charge in [0.15, 0.2) is 5.09 Å². The molecule has 18 heavy (non-hydrogen) atoms. The van der Waals surface area contributed by atoms with Gasteiger partial charge < -0.3 is 9.52 Å². The van der Waals surface area contributed by atoms with Crippen LogP contribution in [0.25, 0.3) is 0 Å². The number of carbonyl (C=O) groups is 1. The van der Waals surface area contributed by atoms with Gasteiger partial charge in [-0.05, 0) is 54.8 Å². The molecule has 2 aromatic heterocycles. The lowest BCUT2D eigenvalue weighted by molar-refractivity contribution is 0.0656. The highest BCUT2D eigenvalue weighted by Crippen LogP contribution is 2.30. The van der Waals surface area contributed by atoms with Crippen molar-refractivity contribution in [1.82, 2.24) is 4.98 Å². The fourth-order valence-corrected chi connectivity index (χ4v) is 2.82. The number of fused-ring (bicyclic) bond motifs is 1. The van der Waals surface area contributed by atoms with Crippen molar-refractivity contribution in [1.29, 1.82) is 0 Å². The van der Waals surface area contributed by atoms with E-state index in [1.807, 2.05) is 6.07 Å². The van der Waals surface area contributed by atoms with Crippen molar-refractivity contribution in [3.05, 3.63) is 41.3 Å². The van der Waals surface area contributed by atoms with Crippen molar-refractivity contribution in [3.8, 4) is 0 Å². The zero-order valence-corrected chi connectivity index (χ0v) is 10.4. The van der Waals surface area contributed by atoms with E-state index in [4.69, 9.17) is 9.52 Å². The van der Waals surface area contributed by atoms with E-state index >= 15 is 0 Å². The Morgan fingerprint density at radius 3 is 2.94 bits per heavy atom. The van der Waals surface area contributed by atoms with Crippen LogP contribution in [-0.4, -0.2) is 16.1 Å². The summed E-state index contributed by atoms with van der Waals surface area (Å²) in [5.41, 5.74) is 2.48. The number of carboxylic acid groups (broad SMARTS) is 1. The number of aromatic nitrogens is 1. The molecule has 2 aromatic rings. The summed E-state index contributed by atoms with van der Waals surface area (Å²) in [7, 11) is 0. The van der Waals surface area contributed by atoms with Crippen molar-refractivity contribution in [2.24, 2.45) is 0 Å². The van der Waals surface area contributed by atoms with Gasteiger partial charge in [-0.2, -0.15) is 0 Å². The average molecular weight is 261 g/mol. The lowest BCUT2D eigenvalue weighted by Gasteiger charge is -2.01. The average Bonchev–Trinajstić information content (AvgIpc) is 2.96. The minimum atomic E-state index is -1.05. The fraction of sp³-hybridized carbons (Fsp3) is 0.231. The standard InChI is InChI=1S/C13H11NO3S/c15-13(16)10-5-7-12(17-10)18-11-6-4-8-2-1-3-9(8)14-11/h4-7H,1-3H2,(H,15,16). The predicted octanol–water partition coefficient (Wildman–Crippen LogP) is 3.01. The second kappa shape index (κ2) is 4.49. The molecule has 0 bridgehead atoms. The highest BCUT2D eigenvalue weighted by atomic mass is 32.2. The monoisotopic (exact) mass is 261 g/mol. The largest absolute Gasteiger partial charge is 0.475 e. The second-order valence-electron chi connectivity index (χ2n) is 4.13. The van der Waals surface area contributed by atoms with Crippen LogP contribution in [0.5, 0.6) is 0 Å². The zero-order valence-electron chi connectivity index (χ0n) is 9.55. The first-order valence-corrected chi connectivity index (χ1v) is 6.54. The maximum Gasteiger partial charge on any atom is 0.371 e. The summed E-state index contributed by atoms with van der Waals surface area (Å²) in [6.45, 7) is 0. The number of hydrogen-bond donors (Lipinski definition) is 1. The van der Waals surface area contributed by atoms with Crippen LogP contribution < -0.4 is 0 Å². The Bertz CT molecular complexity index is 606. The summed E-state index contributed by atoms with van der Waals surface area (Å²) in [5.74, 6) is -1.09. The maximum atomic E-state index is 10.7. The van der Waals surface area contributed by atoms with Gasteiger partial charge in [0.2, 0.25) is 5.76 Å². The summed E-state index contributed by atoms with van der Waals surface area (Å²) >= 11 is 1.35. The van der Waals surface area contributed by atoms with Crippen LogP contribution in [0.4, 0.5) is 0 Å². The minimum Gasteiger partial charge on any atom is -0.475 e. The number of hydrogen-bond acceptors (Lipinski definition) is 4. The van der Waals surface area contributed by atoms with Gasteiger partial charge in [0.05, 0.1) is 0 Å². The first kappa shape index (κ1) is 11.3. The normalized spacial score (nSPS) is 13.6. The number of rotatable bonds is 3. The molecule has 1 aliphatic carbocycles. The molecular formula is C13H11NO3S. The molecule has 0 unspecified atom stereocenters. The number of aryl methyl sites for hydroxylation is 2. The van der Waals surface area contributed by atoms with Crippen LogP contribution in [0.2, 0.25) is 0 Å². The van der Waals surface area contributed by atoms with Crippen molar-refractivity contribution in [3.63, 3.8) is 0 Å². The summed E-state index contributed by atoms with van der Waals surface area (Å²) in [6.07, 6.45) is 3.31. The van der Waals surface area contributed by atoms with Crippen LogP contribution in [0, 0.1) is 0 Å². The molecule has 0 amide bonds. The number of carboxylic acids is 1. The van der Waals surface area contributed by atoms with E-state index in [0.717, 1.165) is 23.6 Å². The van der Waals surface area contributed by atoms with E-state index in [2.05, 4.69) is 11.1 Å². The molecule has 3 rings (SSSR count). The Morgan fingerprint density at radius 2 is 2.17 bits per heavy atom. The Hall–Kier alpha value is -1.75. The number of aromatic carboxylic acids is 1. The third-order valence-corrected chi connectivity index (χ3v) is 3.76. The maximum absolute atomic E-state index is 10.7. The van der Waals surface area contributed by atoms with Gasteiger partial charge in [-0.3, -0.25) is 0 Å². The van der Waals surface area contributed by atoms with E-state index < -0.39 is 5.97 Å². The number of pyridine rings is 1. The Labute approximate surface area is 108 Å². The lowest BCUT2D eigenvalue weighted by Crippen LogP contribution is -1.91. The summed E-state index contributed by atoms with van der Waals surface area (Å²) in [5, 5.41) is 10.2. The van der Waals surface area contributed by atoms with Gasteiger partial charge >= 0.3 is 5.97 Å². The molecular weight excluding hydrogens is 250 g/mol. The molecule has 0 atom stereocenters. The van der Waals surface area contributed by atoms with Crippen molar-refractivity contribution < 1.29 is 14.3 Å². The van der Waals surface area contributed by atoms with Crippen LogP contribution >= 0.6 is 11.8 Å². The lowest BCUT2D eigenvalue weighted by atomic mass is 10.2. The molecule has 0 saturated heterocycles. The highest BCUT2D eigenvalue weighted by Gasteiger charge is 2.14. The molecule has 0 aromatic carbocycles. The smallest absolute Gasteiger partial charge is 0.371 e. The quantitative estimate of drug-likeness (QED) is 0.920. The summed E-state index contributed by atoms with van der Waals surface area (Å²) < 4.78 is 5.19. The topological polar surface area (TPSA) is 63.3 Å². The van der Waals surface area contributed by atoms with Gasteiger partial charge in [0.25, 0.3) is 0 Å². The molecule has 0 saturated carbocycles. The molecule has 0 aliphatic heterocycles. The number of furan rings is 1. The number of nitrogens with zero attached hydrogens (tertiary/aromatic N) is 1. The van der Waals surface area contributed by atoms with Gasteiger partial charge in [-0.25, -0.2) is 9.78 Å². The molecule has 92 valence electrons. The highest BCUT2D eigenvalue weighted by molar-refractivity contribution is 7.99. The van der Waals surface area contributed by atoms with Crippen LogP contribution in [0.15, 0.2) is 38.8 Å². The second-order valence-corrected chi connectivity index (χ2v) is 5.16. The van der Waals surface area contributed by atoms with E-state index in [1.54, 1.807) is 6.07 Å². The molecule has 0 radical (unpaired) electrons. The van der Waals surface area contributed by atoms with Crippen LogP contribution in [0.3, 0.4) is 0 Å². The molecule has 0 spiro atoms. The fourth-order valence-electron chi connectivity index (χ4n) is 2.05. The molecule has 1 aliphatic rings. The molecule has 2 heterocycles. The van der Waals surface area contributed by atoms with Crippen LogP contribution in [0.1, 0.15) is 28.2 Å². The first-order valence-electron chi connectivity index (χ1n) is 5.72. The zero-order chi connectivity index (χ0) is 12.5. The summed E-state index contributed by atoms with van der Waals surface area (Å²) in [6, 6.07) is 7.16. The molecule has 1 N–H and O–H groups in total. The molecule has 5 heteroatoms. The van der Waals surface area contributed by atoms with Gasteiger partial charge in [-0.1, -0.05) is 6.07 Å². The van der Waals surface area contributed by atoms with Gasteiger partial charge in [-0.15, -0.1) is 0 Å². The third kappa shape index (κ3) is 2.13. The van der Waals surface area contributed by atoms with Crippen molar-refractivity contribution >= 4 is 17.7 Å². The van der Waals surface area contributed by atoms with E-state index in [1.165, 1.54) is 29.8 Å². The predicted molar refractivity (Wildman–Crippen MR) is 66.1 cm³/mol. The SMILES string of the molecule is O=C(O)c1ccc(Sc2ccc3c(n2)CCC3)o1. The first-order chi connectivity index (χ1) is 8.72. The molecule has 0 fully saturated rings. The Kier molecular flexibility index (Phi) is 2.83. The van der Waals surface area contributed by atoms with Crippen LogP contribution in [-0.2, 0) is 12.8 Å². The third-order valence-electron chi connectivity index (χ3n) is 2.90. The minimum absolute atomic E-state index is 0.0429. The van der Waals surface area contributed by atoms with Crippen molar-refractivity contribution in [2.75, 3.05) is 0 Å². The Morgan fingerprint density at radius 1 is 1.28 bits per heavy atom. The van der Waals surface area contributed by atoms with Crippen molar-refractivity contribution in [2.45, 2.75) is 29.4 Å². The molecule has 4 nitrogen and oxygen atoms in total. The Balaban J connectivity index is 1.81. The van der Waals surface area contributed by atoms with Gasteiger partial charge in [0.1, 0.15) is 5.03 Å². The summed E-state index contributed by atoms with van der Waals surface area (Å²) in [4.78, 5) is 15.3.